The van der Waals surface area contributed by atoms with Crippen molar-refractivity contribution in [3.8, 4) is 40.1 Å². The van der Waals surface area contributed by atoms with Gasteiger partial charge in [0.1, 0.15) is 22.5 Å². The molecule has 3 rings (SSSR count). The van der Waals surface area contributed by atoms with E-state index >= 15 is 0 Å². The van der Waals surface area contributed by atoms with Gasteiger partial charge in [0.2, 0.25) is 11.2 Å². The molecular weight excluding hydrogens is 380 g/mol. The molecule has 4 N–H and O–H groups in total. The van der Waals surface area contributed by atoms with E-state index in [9.17, 15) is 30.0 Å². The number of ether oxygens (including phenoxy) is 1. The minimum atomic E-state index is -0.810. The first-order valence-electron chi connectivity index (χ1n) is 9.07. The number of rotatable bonds is 6. The van der Waals surface area contributed by atoms with E-state index in [1.165, 1.54) is 12.1 Å². The second kappa shape index (κ2) is 8.14. The van der Waals surface area contributed by atoms with Gasteiger partial charge in [0.15, 0.2) is 17.3 Å². The number of aromatic hydroxyl groups is 4. The van der Waals surface area contributed by atoms with Crippen LogP contribution in [-0.4, -0.2) is 26.4 Å². The van der Waals surface area contributed by atoms with Crippen molar-refractivity contribution in [2.75, 3.05) is 0 Å². The molecule has 8 heteroatoms. The van der Waals surface area contributed by atoms with Crippen LogP contribution in [-0.2, 0) is 4.79 Å². The quantitative estimate of drug-likeness (QED) is 0.279. The summed E-state index contributed by atoms with van der Waals surface area (Å²) in [5.74, 6) is -3.00. The molecule has 2 aromatic carbocycles. The van der Waals surface area contributed by atoms with Crippen molar-refractivity contribution >= 4 is 16.9 Å². The Bertz CT molecular complexity index is 1130. The van der Waals surface area contributed by atoms with Crippen molar-refractivity contribution in [2.24, 2.45) is 0 Å². The number of benzene rings is 2. The Kier molecular flexibility index (Phi) is 5.63. The van der Waals surface area contributed by atoms with Gasteiger partial charge in [-0.05, 0) is 24.6 Å². The van der Waals surface area contributed by atoms with Gasteiger partial charge in [-0.25, -0.2) is 0 Å². The number of phenolic OH excluding ortho intramolecular Hbond substituents is 4. The van der Waals surface area contributed by atoms with Crippen molar-refractivity contribution in [3.05, 3.63) is 40.6 Å². The fourth-order valence-corrected chi connectivity index (χ4v) is 2.90. The average Bonchev–Trinajstić information content (AvgIpc) is 2.65. The molecule has 0 aliphatic rings. The molecule has 152 valence electrons. The summed E-state index contributed by atoms with van der Waals surface area (Å²) in [4.78, 5) is 25.2. The summed E-state index contributed by atoms with van der Waals surface area (Å²) in [6.07, 6.45) is 2.40. The van der Waals surface area contributed by atoms with E-state index in [2.05, 4.69) is 0 Å². The lowest BCUT2D eigenvalue weighted by molar-refractivity contribution is -0.134. The number of carbonyl (C=O) groups is 1. The number of fused-ring (bicyclic) bond motifs is 1. The Morgan fingerprint density at radius 2 is 1.76 bits per heavy atom. The lowest BCUT2D eigenvalue weighted by Crippen LogP contribution is -2.16. The Balaban J connectivity index is 2.19. The van der Waals surface area contributed by atoms with Gasteiger partial charge in [0.05, 0.1) is 0 Å². The first-order chi connectivity index (χ1) is 13.8. The van der Waals surface area contributed by atoms with Gasteiger partial charge in [-0.3, -0.25) is 9.59 Å². The molecule has 0 saturated carbocycles. The summed E-state index contributed by atoms with van der Waals surface area (Å²) >= 11 is 0. The lowest BCUT2D eigenvalue weighted by atomic mass is 10.1. The third-order valence-electron chi connectivity index (χ3n) is 4.36. The minimum Gasteiger partial charge on any atom is -0.508 e. The number of unbranched alkanes of at least 4 members (excludes halogenated alkanes) is 2. The molecule has 0 aliphatic heterocycles. The predicted octanol–water partition coefficient (Wildman–Crippen LogP) is 3.77. The van der Waals surface area contributed by atoms with Crippen LogP contribution in [0.4, 0.5) is 0 Å². The highest BCUT2D eigenvalue weighted by Crippen LogP contribution is 2.38. The molecule has 0 atom stereocenters. The second-order valence-electron chi connectivity index (χ2n) is 6.56. The molecule has 0 saturated heterocycles. The number of hydrogen-bond donors (Lipinski definition) is 4. The zero-order valence-corrected chi connectivity index (χ0v) is 15.6. The smallest absolute Gasteiger partial charge is 0.311 e. The SMILES string of the molecule is CCCCCC(=O)Oc1c(-c2ccc(O)c(O)c2)oc2cc(O)cc(O)c2c1=O. The predicted molar refractivity (Wildman–Crippen MR) is 104 cm³/mol. The Labute approximate surface area is 165 Å². The summed E-state index contributed by atoms with van der Waals surface area (Å²) in [6, 6.07) is 5.78. The molecule has 3 aromatic rings. The second-order valence-corrected chi connectivity index (χ2v) is 6.56. The molecule has 1 aromatic heterocycles. The van der Waals surface area contributed by atoms with Crippen LogP contribution in [0.3, 0.4) is 0 Å². The molecule has 29 heavy (non-hydrogen) atoms. The van der Waals surface area contributed by atoms with E-state index in [0.717, 1.165) is 31.0 Å². The van der Waals surface area contributed by atoms with Gasteiger partial charge >= 0.3 is 5.97 Å². The van der Waals surface area contributed by atoms with Crippen LogP contribution < -0.4 is 10.2 Å². The van der Waals surface area contributed by atoms with Gasteiger partial charge in [0.25, 0.3) is 0 Å². The van der Waals surface area contributed by atoms with E-state index in [1.807, 2.05) is 6.92 Å². The fourth-order valence-electron chi connectivity index (χ4n) is 2.90. The van der Waals surface area contributed by atoms with Gasteiger partial charge in [-0.1, -0.05) is 19.8 Å². The zero-order chi connectivity index (χ0) is 21.1. The molecule has 0 amide bonds. The molecule has 0 unspecified atom stereocenters. The maximum atomic E-state index is 13.0. The summed E-state index contributed by atoms with van der Waals surface area (Å²) in [5, 5.41) is 38.8. The van der Waals surface area contributed by atoms with Crippen molar-refractivity contribution in [3.63, 3.8) is 0 Å². The summed E-state index contributed by atoms with van der Waals surface area (Å²) < 4.78 is 10.9. The Hall–Kier alpha value is -3.68. The number of hydrogen-bond acceptors (Lipinski definition) is 8. The van der Waals surface area contributed by atoms with Gasteiger partial charge in [-0.2, -0.15) is 0 Å². The van der Waals surface area contributed by atoms with E-state index in [4.69, 9.17) is 9.15 Å². The molecule has 0 bridgehead atoms. The lowest BCUT2D eigenvalue weighted by Gasteiger charge is -2.12. The van der Waals surface area contributed by atoms with E-state index in [-0.39, 0.29) is 40.2 Å². The van der Waals surface area contributed by atoms with Crippen LogP contribution in [0.25, 0.3) is 22.3 Å². The maximum Gasteiger partial charge on any atom is 0.311 e. The van der Waals surface area contributed by atoms with E-state index in [1.54, 1.807) is 0 Å². The van der Waals surface area contributed by atoms with Crippen LogP contribution >= 0.6 is 0 Å². The van der Waals surface area contributed by atoms with E-state index in [0.29, 0.717) is 6.42 Å². The number of phenols is 4. The van der Waals surface area contributed by atoms with Gasteiger partial charge < -0.3 is 29.6 Å². The third-order valence-corrected chi connectivity index (χ3v) is 4.36. The monoisotopic (exact) mass is 400 g/mol. The Morgan fingerprint density at radius 1 is 1.00 bits per heavy atom. The van der Waals surface area contributed by atoms with Gasteiger partial charge in [0, 0.05) is 24.1 Å². The largest absolute Gasteiger partial charge is 0.508 e. The van der Waals surface area contributed by atoms with Crippen LogP contribution in [0.2, 0.25) is 0 Å². The molecule has 0 radical (unpaired) electrons. The molecule has 0 aliphatic carbocycles. The zero-order valence-electron chi connectivity index (χ0n) is 15.6. The van der Waals surface area contributed by atoms with Crippen LogP contribution in [0.15, 0.2) is 39.5 Å². The van der Waals surface area contributed by atoms with Crippen molar-refractivity contribution in [1.82, 2.24) is 0 Å². The van der Waals surface area contributed by atoms with E-state index < -0.39 is 28.6 Å². The maximum absolute atomic E-state index is 13.0. The minimum absolute atomic E-state index is 0.0904. The molecule has 1 heterocycles. The standard InChI is InChI=1S/C21H20O8/c1-2-3-4-5-17(26)29-21-19(27)18-15(25)9-12(22)10-16(18)28-20(21)11-6-7-13(23)14(24)8-11/h6-10,22-25H,2-5H2,1H3. The van der Waals surface area contributed by atoms with Gasteiger partial charge in [-0.15, -0.1) is 0 Å². The first-order valence-corrected chi connectivity index (χ1v) is 9.07. The molecule has 0 spiro atoms. The Morgan fingerprint density at radius 3 is 2.45 bits per heavy atom. The first kappa shape index (κ1) is 20.1. The number of carbonyl (C=O) groups excluding carboxylic acids is 1. The molecule has 8 nitrogen and oxygen atoms in total. The number of esters is 1. The fraction of sp³-hybridized carbons (Fsp3) is 0.238. The normalized spacial score (nSPS) is 10.9. The van der Waals surface area contributed by atoms with Crippen LogP contribution in [0.1, 0.15) is 32.6 Å². The topological polar surface area (TPSA) is 137 Å². The highest BCUT2D eigenvalue weighted by Gasteiger charge is 2.23. The molecule has 0 fully saturated rings. The summed E-state index contributed by atoms with van der Waals surface area (Å²) in [5.41, 5.74) is -0.797. The summed E-state index contributed by atoms with van der Waals surface area (Å²) in [6.45, 7) is 1.98. The van der Waals surface area contributed by atoms with Crippen molar-refractivity contribution in [1.29, 1.82) is 0 Å². The highest BCUT2D eigenvalue weighted by molar-refractivity contribution is 5.89. The van der Waals surface area contributed by atoms with Crippen LogP contribution in [0.5, 0.6) is 28.7 Å². The van der Waals surface area contributed by atoms with Crippen molar-refractivity contribution < 1.29 is 34.4 Å². The third kappa shape index (κ3) is 4.11. The summed E-state index contributed by atoms with van der Waals surface area (Å²) in [7, 11) is 0. The van der Waals surface area contributed by atoms with Crippen LogP contribution in [0, 0.1) is 0 Å². The molecular formula is C21H20O8. The average molecular weight is 400 g/mol. The highest BCUT2D eigenvalue weighted by atomic mass is 16.5. The van der Waals surface area contributed by atoms with Crippen molar-refractivity contribution in [2.45, 2.75) is 32.6 Å².